The maximum absolute atomic E-state index is 4.67. The lowest BCUT2D eigenvalue weighted by molar-refractivity contribution is 0.904. The fourth-order valence-electron chi connectivity index (χ4n) is 2.18. The second-order valence-electron chi connectivity index (χ2n) is 5.63. The van der Waals surface area contributed by atoms with Crippen LogP contribution in [0.3, 0.4) is 0 Å². The second-order valence-corrected chi connectivity index (χ2v) is 6.37. The van der Waals surface area contributed by atoms with Gasteiger partial charge in [-0.3, -0.25) is 0 Å². The number of rotatable bonds is 7. The molecule has 0 bridgehead atoms. The molecule has 2 aromatic rings. The first-order chi connectivity index (χ1) is 10.3. The number of aromatic nitrogens is 2. The van der Waals surface area contributed by atoms with Gasteiger partial charge in [-0.15, -0.1) is 0 Å². The molecule has 112 valence electrons. The molecule has 3 rings (SSSR count). The first-order valence-corrected chi connectivity index (χ1v) is 8.59. The summed E-state index contributed by atoms with van der Waals surface area (Å²) in [6.07, 6.45) is 3.54. The van der Waals surface area contributed by atoms with Crippen molar-refractivity contribution in [1.82, 2.24) is 9.97 Å². The lowest BCUT2D eigenvalue weighted by Crippen LogP contribution is -2.08. The summed E-state index contributed by atoms with van der Waals surface area (Å²) in [5.74, 6) is 3.42. The van der Waals surface area contributed by atoms with Gasteiger partial charge in [0.15, 0.2) is 0 Å². The summed E-state index contributed by atoms with van der Waals surface area (Å²) in [5, 5.41) is 11.2. The van der Waals surface area contributed by atoms with Gasteiger partial charge in [0.25, 0.3) is 0 Å². The van der Waals surface area contributed by atoms with E-state index in [0.29, 0.717) is 5.92 Å². The third-order valence-electron chi connectivity index (χ3n) is 3.66. The van der Waals surface area contributed by atoms with E-state index in [4.69, 9.17) is 0 Å². The van der Waals surface area contributed by atoms with Crippen molar-refractivity contribution in [3.8, 4) is 0 Å². The molecule has 5 heteroatoms. The SMILES string of the molecule is CCCNc1cc(NCc2cscc2C)nc(C2CC2)n1. The average Bonchev–Trinajstić information content (AvgIpc) is 3.26. The van der Waals surface area contributed by atoms with Gasteiger partial charge < -0.3 is 10.6 Å². The van der Waals surface area contributed by atoms with E-state index in [1.165, 1.54) is 24.0 Å². The van der Waals surface area contributed by atoms with Crippen molar-refractivity contribution in [3.63, 3.8) is 0 Å². The van der Waals surface area contributed by atoms with Gasteiger partial charge in [-0.05, 0) is 48.1 Å². The molecule has 1 aliphatic rings. The summed E-state index contributed by atoms with van der Waals surface area (Å²) >= 11 is 1.75. The average molecular weight is 302 g/mol. The molecule has 1 fully saturated rings. The molecular formula is C16H22N4S. The van der Waals surface area contributed by atoms with Gasteiger partial charge in [0.1, 0.15) is 17.5 Å². The minimum atomic E-state index is 0.566. The summed E-state index contributed by atoms with van der Waals surface area (Å²) in [4.78, 5) is 9.31. The highest BCUT2D eigenvalue weighted by Gasteiger charge is 2.27. The monoisotopic (exact) mass is 302 g/mol. The molecule has 0 spiro atoms. The first-order valence-electron chi connectivity index (χ1n) is 7.64. The van der Waals surface area contributed by atoms with Crippen molar-refractivity contribution in [2.24, 2.45) is 0 Å². The van der Waals surface area contributed by atoms with Crippen molar-refractivity contribution < 1.29 is 0 Å². The first kappa shape index (κ1) is 14.3. The topological polar surface area (TPSA) is 49.8 Å². The van der Waals surface area contributed by atoms with Crippen molar-refractivity contribution in [2.45, 2.75) is 45.6 Å². The number of nitrogens with zero attached hydrogens (tertiary/aromatic N) is 2. The molecule has 21 heavy (non-hydrogen) atoms. The molecule has 0 unspecified atom stereocenters. The fourth-order valence-corrected chi connectivity index (χ4v) is 3.03. The number of aryl methyl sites for hydroxylation is 1. The molecule has 0 aliphatic heterocycles. The van der Waals surface area contributed by atoms with Gasteiger partial charge in [-0.2, -0.15) is 11.3 Å². The van der Waals surface area contributed by atoms with Gasteiger partial charge >= 0.3 is 0 Å². The van der Waals surface area contributed by atoms with Crippen LogP contribution in [-0.4, -0.2) is 16.5 Å². The molecule has 2 N–H and O–H groups in total. The van der Waals surface area contributed by atoms with E-state index < -0.39 is 0 Å². The maximum Gasteiger partial charge on any atom is 0.136 e. The smallest absolute Gasteiger partial charge is 0.136 e. The Bertz CT molecular complexity index is 604. The van der Waals surface area contributed by atoms with E-state index in [9.17, 15) is 0 Å². The number of thiophene rings is 1. The molecule has 0 atom stereocenters. The van der Waals surface area contributed by atoms with E-state index in [2.05, 4.69) is 45.2 Å². The molecule has 0 radical (unpaired) electrons. The zero-order valence-corrected chi connectivity index (χ0v) is 13.5. The predicted molar refractivity (Wildman–Crippen MR) is 89.2 cm³/mol. The third-order valence-corrected chi connectivity index (χ3v) is 4.57. The summed E-state index contributed by atoms with van der Waals surface area (Å²) < 4.78 is 0. The predicted octanol–water partition coefficient (Wildman–Crippen LogP) is 4.16. The standard InChI is InChI=1S/C16H22N4S/c1-3-6-17-14-7-15(20-16(19-14)12-4-5-12)18-8-13-10-21-9-11(13)2/h7,9-10,12H,3-6,8H2,1-2H3,(H2,17,18,19,20). The minimum absolute atomic E-state index is 0.566. The minimum Gasteiger partial charge on any atom is -0.370 e. The van der Waals surface area contributed by atoms with Crippen LogP contribution in [0.2, 0.25) is 0 Å². The van der Waals surface area contributed by atoms with Crippen molar-refractivity contribution in [1.29, 1.82) is 0 Å². The van der Waals surface area contributed by atoms with Crippen LogP contribution >= 0.6 is 11.3 Å². The Labute approximate surface area is 130 Å². The molecule has 0 amide bonds. The zero-order chi connectivity index (χ0) is 14.7. The highest BCUT2D eigenvalue weighted by molar-refractivity contribution is 7.08. The number of hydrogen-bond donors (Lipinski definition) is 2. The van der Waals surface area contributed by atoms with Crippen LogP contribution in [0.25, 0.3) is 0 Å². The van der Waals surface area contributed by atoms with Gasteiger partial charge in [0, 0.05) is 25.1 Å². The number of anilines is 2. The van der Waals surface area contributed by atoms with E-state index >= 15 is 0 Å². The highest BCUT2D eigenvalue weighted by atomic mass is 32.1. The molecule has 0 saturated heterocycles. The molecule has 0 aromatic carbocycles. The maximum atomic E-state index is 4.67. The van der Waals surface area contributed by atoms with Crippen LogP contribution in [0.5, 0.6) is 0 Å². The molecule has 2 aromatic heterocycles. The van der Waals surface area contributed by atoms with Crippen LogP contribution in [0, 0.1) is 6.92 Å². The number of nitrogens with one attached hydrogen (secondary N) is 2. The normalized spacial score (nSPS) is 14.2. The lowest BCUT2D eigenvalue weighted by atomic mass is 10.2. The lowest BCUT2D eigenvalue weighted by Gasteiger charge is -2.11. The van der Waals surface area contributed by atoms with Crippen molar-refractivity contribution in [3.05, 3.63) is 33.8 Å². The van der Waals surface area contributed by atoms with Crippen LogP contribution < -0.4 is 10.6 Å². The molecular weight excluding hydrogens is 280 g/mol. The van der Waals surface area contributed by atoms with Crippen LogP contribution in [0.15, 0.2) is 16.8 Å². The Kier molecular flexibility index (Phi) is 4.39. The van der Waals surface area contributed by atoms with Crippen molar-refractivity contribution >= 4 is 23.0 Å². The van der Waals surface area contributed by atoms with Gasteiger partial charge in [0.2, 0.25) is 0 Å². The Balaban J connectivity index is 1.73. The fraction of sp³-hybridized carbons (Fsp3) is 0.500. The van der Waals surface area contributed by atoms with Crippen molar-refractivity contribution in [2.75, 3.05) is 17.2 Å². The summed E-state index contributed by atoms with van der Waals surface area (Å²) in [7, 11) is 0. The van der Waals surface area contributed by atoms with Crippen LogP contribution in [0.4, 0.5) is 11.6 Å². The molecule has 4 nitrogen and oxygen atoms in total. The highest BCUT2D eigenvalue weighted by Crippen LogP contribution is 2.38. The summed E-state index contributed by atoms with van der Waals surface area (Å²) in [6, 6.07) is 2.02. The second kappa shape index (κ2) is 6.43. The Morgan fingerprint density at radius 2 is 1.95 bits per heavy atom. The zero-order valence-electron chi connectivity index (χ0n) is 12.6. The van der Waals surface area contributed by atoms with E-state index in [1.54, 1.807) is 11.3 Å². The van der Waals surface area contributed by atoms with Crippen LogP contribution in [-0.2, 0) is 6.54 Å². The van der Waals surface area contributed by atoms with E-state index in [1.807, 2.05) is 6.07 Å². The quantitative estimate of drug-likeness (QED) is 0.806. The van der Waals surface area contributed by atoms with Gasteiger partial charge in [-0.25, -0.2) is 9.97 Å². The summed E-state index contributed by atoms with van der Waals surface area (Å²) in [6.45, 7) is 6.08. The molecule has 1 saturated carbocycles. The largest absolute Gasteiger partial charge is 0.370 e. The Morgan fingerprint density at radius 1 is 1.19 bits per heavy atom. The van der Waals surface area contributed by atoms with E-state index in [-0.39, 0.29) is 0 Å². The van der Waals surface area contributed by atoms with Crippen LogP contribution in [0.1, 0.15) is 49.1 Å². The Hall–Kier alpha value is -1.62. The van der Waals surface area contributed by atoms with E-state index in [0.717, 1.165) is 37.0 Å². The third kappa shape index (κ3) is 3.73. The van der Waals surface area contributed by atoms with Gasteiger partial charge in [0.05, 0.1) is 0 Å². The molecule has 2 heterocycles. The van der Waals surface area contributed by atoms with Gasteiger partial charge in [-0.1, -0.05) is 6.92 Å². The number of hydrogen-bond acceptors (Lipinski definition) is 5. The Morgan fingerprint density at radius 3 is 2.57 bits per heavy atom. The summed E-state index contributed by atoms with van der Waals surface area (Å²) in [5.41, 5.74) is 2.68. The molecule has 1 aliphatic carbocycles.